The van der Waals surface area contributed by atoms with E-state index >= 15 is 0 Å². The van der Waals surface area contributed by atoms with Crippen molar-refractivity contribution in [3.8, 4) is 5.75 Å². The molecular formula is C18H23N5O5S. The van der Waals surface area contributed by atoms with Crippen LogP contribution in [0.4, 0.5) is 0 Å². The van der Waals surface area contributed by atoms with Gasteiger partial charge in [0.15, 0.2) is 0 Å². The quantitative estimate of drug-likeness (QED) is 0.697. The fraction of sp³-hybridized carbons (Fsp3) is 0.444. The predicted octanol–water partition coefficient (Wildman–Crippen LogP) is 0.0184. The molecule has 2 amide bonds. The number of methoxy groups -OCH3 is 1. The van der Waals surface area contributed by atoms with Gasteiger partial charge in [-0.1, -0.05) is 6.07 Å². The average Bonchev–Trinajstić information content (AvgIpc) is 3.18. The lowest BCUT2D eigenvalue weighted by Crippen LogP contribution is -2.46. The third-order valence-electron chi connectivity index (χ3n) is 4.89. The molecule has 29 heavy (non-hydrogen) atoms. The Balaban J connectivity index is 1.52. The Bertz CT molecular complexity index is 996. The van der Waals surface area contributed by atoms with E-state index in [1.807, 2.05) is 0 Å². The van der Waals surface area contributed by atoms with E-state index in [0.717, 1.165) is 0 Å². The molecule has 0 atom stereocenters. The van der Waals surface area contributed by atoms with Crippen LogP contribution in [0.1, 0.15) is 23.2 Å². The van der Waals surface area contributed by atoms with E-state index in [1.54, 1.807) is 36.2 Å². The number of piperidine rings is 1. The van der Waals surface area contributed by atoms with Crippen LogP contribution in [0.25, 0.3) is 0 Å². The highest BCUT2D eigenvalue weighted by Gasteiger charge is 2.35. The fourth-order valence-electron chi connectivity index (χ4n) is 3.23. The van der Waals surface area contributed by atoms with E-state index in [9.17, 15) is 18.0 Å². The number of carbonyl (C=O) groups is 2. The number of ether oxygens (including phenoxy) is 1. The second kappa shape index (κ2) is 8.60. The van der Waals surface area contributed by atoms with Gasteiger partial charge in [0.05, 0.1) is 18.9 Å². The first-order chi connectivity index (χ1) is 13.8. The molecule has 0 bridgehead atoms. The predicted molar refractivity (Wildman–Crippen MR) is 103 cm³/mol. The van der Waals surface area contributed by atoms with E-state index in [4.69, 9.17) is 4.74 Å². The van der Waals surface area contributed by atoms with Crippen molar-refractivity contribution in [3.63, 3.8) is 0 Å². The number of likely N-dealkylation sites (tertiary alicyclic amines) is 1. The molecule has 1 aromatic heterocycles. The molecule has 3 rings (SSSR count). The van der Waals surface area contributed by atoms with Gasteiger partial charge in [0, 0.05) is 25.7 Å². The van der Waals surface area contributed by atoms with Crippen LogP contribution >= 0.6 is 0 Å². The van der Waals surface area contributed by atoms with Gasteiger partial charge in [0.1, 0.15) is 12.1 Å². The lowest BCUT2D eigenvalue weighted by Gasteiger charge is -2.31. The second-order valence-electron chi connectivity index (χ2n) is 6.76. The summed E-state index contributed by atoms with van der Waals surface area (Å²) in [7, 11) is -0.509. The van der Waals surface area contributed by atoms with Gasteiger partial charge in [-0.25, -0.2) is 8.42 Å². The molecule has 2 heterocycles. The molecule has 1 N–H and O–H groups in total. The molecule has 1 saturated heterocycles. The number of carbonyl (C=O) groups excluding carboxylic acids is 2. The number of nitrogens with zero attached hydrogens (tertiary/aromatic N) is 4. The maximum atomic E-state index is 12.7. The molecular weight excluding hydrogens is 398 g/mol. The van der Waals surface area contributed by atoms with Crippen LogP contribution in [0.15, 0.2) is 35.7 Å². The standard InChI is InChI=1S/C18H23N5O5S/c1-22-12-20-21-18(22)29(26,27)15-6-8-23(9-7-15)16(24)11-19-17(25)13-4-3-5-14(10-13)28-2/h3-5,10,12,15H,6-9,11H2,1-2H3,(H,19,25). The smallest absolute Gasteiger partial charge is 0.251 e. The normalized spacial score (nSPS) is 15.2. The summed E-state index contributed by atoms with van der Waals surface area (Å²) in [5.74, 6) is -0.0806. The maximum Gasteiger partial charge on any atom is 0.251 e. The number of hydrogen-bond donors (Lipinski definition) is 1. The average molecular weight is 421 g/mol. The molecule has 156 valence electrons. The van der Waals surface area contributed by atoms with Gasteiger partial charge in [-0.05, 0) is 31.0 Å². The lowest BCUT2D eigenvalue weighted by atomic mass is 10.1. The van der Waals surface area contributed by atoms with Crippen LogP contribution in [-0.4, -0.2) is 71.9 Å². The zero-order chi connectivity index (χ0) is 21.0. The Morgan fingerprint density at radius 3 is 2.62 bits per heavy atom. The summed E-state index contributed by atoms with van der Waals surface area (Å²) >= 11 is 0. The lowest BCUT2D eigenvalue weighted by molar-refractivity contribution is -0.130. The zero-order valence-corrected chi connectivity index (χ0v) is 17.1. The summed E-state index contributed by atoms with van der Waals surface area (Å²) in [5.41, 5.74) is 0.394. The van der Waals surface area contributed by atoms with Gasteiger partial charge < -0.3 is 19.5 Å². The number of amides is 2. The number of rotatable bonds is 6. The van der Waals surface area contributed by atoms with Crippen LogP contribution in [0.2, 0.25) is 0 Å². The van der Waals surface area contributed by atoms with Crippen LogP contribution in [0.3, 0.4) is 0 Å². The molecule has 1 aliphatic heterocycles. The molecule has 11 heteroatoms. The Kier molecular flexibility index (Phi) is 6.16. The highest BCUT2D eigenvalue weighted by molar-refractivity contribution is 7.91. The minimum Gasteiger partial charge on any atom is -0.497 e. The summed E-state index contributed by atoms with van der Waals surface area (Å²) in [6.07, 6.45) is 1.96. The largest absolute Gasteiger partial charge is 0.497 e. The molecule has 2 aromatic rings. The van der Waals surface area contributed by atoms with Gasteiger partial charge in [-0.15, -0.1) is 10.2 Å². The SMILES string of the molecule is COc1cccc(C(=O)NCC(=O)N2CCC(S(=O)(=O)c3nncn3C)CC2)c1. The molecule has 0 spiro atoms. The first-order valence-electron chi connectivity index (χ1n) is 9.11. The number of hydrogen-bond acceptors (Lipinski definition) is 7. The highest BCUT2D eigenvalue weighted by Crippen LogP contribution is 2.23. The molecule has 10 nitrogen and oxygen atoms in total. The van der Waals surface area contributed by atoms with Crippen LogP contribution < -0.4 is 10.1 Å². The third kappa shape index (κ3) is 4.56. The van der Waals surface area contributed by atoms with Gasteiger partial charge in [-0.3, -0.25) is 9.59 Å². The highest BCUT2D eigenvalue weighted by atomic mass is 32.2. The van der Waals surface area contributed by atoms with Crippen molar-refractivity contribution in [2.24, 2.45) is 7.05 Å². The number of sulfone groups is 1. The molecule has 1 fully saturated rings. The molecule has 0 saturated carbocycles. The van der Waals surface area contributed by atoms with E-state index < -0.39 is 15.1 Å². The second-order valence-corrected chi connectivity index (χ2v) is 8.89. The minimum atomic E-state index is -3.60. The maximum absolute atomic E-state index is 12.7. The van der Waals surface area contributed by atoms with Crippen molar-refractivity contribution in [1.29, 1.82) is 0 Å². The first-order valence-corrected chi connectivity index (χ1v) is 10.7. The molecule has 0 radical (unpaired) electrons. The van der Waals surface area contributed by atoms with Gasteiger partial charge in [0.2, 0.25) is 20.9 Å². The molecule has 1 aromatic carbocycles. The molecule has 0 unspecified atom stereocenters. The van der Waals surface area contributed by atoms with Crippen LogP contribution in [0, 0.1) is 0 Å². The minimum absolute atomic E-state index is 0.0622. The Morgan fingerprint density at radius 1 is 1.28 bits per heavy atom. The summed E-state index contributed by atoms with van der Waals surface area (Å²) in [6, 6.07) is 6.63. The first kappa shape index (κ1) is 20.8. The van der Waals surface area contributed by atoms with Crippen molar-refractivity contribution in [1.82, 2.24) is 25.0 Å². The number of aryl methyl sites for hydroxylation is 1. The van der Waals surface area contributed by atoms with Gasteiger partial charge >= 0.3 is 0 Å². The van der Waals surface area contributed by atoms with Crippen molar-refractivity contribution in [2.45, 2.75) is 23.2 Å². The monoisotopic (exact) mass is 421 g/mol. The van der Waals surface area contributed by atoms with Crippen LogP contribution in [0.5, 0.6) is 5.75 Å². The third-order valence-corrected chi connectivity index (χ3v) is 7.12. The summed E-state index contributed by atoms with van der Waals surface area (Å²) in [5, 5.41) is 9.24. The topological polar surface area (TPSA) is 123 Å². The fourth-order valence-corrected chi connectivity index (χ4v) is 4.97. The Morgan fingerprint density at radius 2 is 2.00 bits per heavy atom. The summed E-state index contributed by atoms with van der Waals surface area (Å²) in [4.78, 5) is 26.2. The zero-order valence-electron chi connectivity index (χ0n) is 16.2. The Hall–Kier alpha value is -2.95. The summed E-state index contributed by atoms with van der Waals surface area (Å²) in [6.45, 7) is 0.446. The molecule has 0 aliphatic carbocycles. The van der Waals surface area contributed by atoms with Gasteiger partial charge in [0.25, 0.3) is 5.91 Å². The number of nitrogens with one attached hydrogen (secondary N) is 1. The van der Waals surface area contributed by atoms with Crippen molar-refractivity contribution < 1.29 is 22.7 Å². The summed E-state index contributed by atoms with van der Waals surface area (Å²) < 4.78 is 31.8. The van der Waals surface area contributed by atoms with Crippen LogP contribution in [-0.2, 0) is 21.7 Å². The van der Waals surface area contributed by atoms with E-state index in [2.05, 4.69) is 15.5 Å². The number of aromatic nitrogens is 3. The molecule has 1 aliphatic rings. The van der Waals surface area contributed by atoms with E-state index in [-0.39, 0.29) is 23.5 Å². The number of benzene rings is 1. The van der Waals surface area contributed by atoms with Crippen molar-refractivity contribution in [2.75, 3.05) is 26.7 Å². The van der Waals surface area contributed by atoms with Crippen molar-refractivity contribution >= 4 is 21.7 Å². The Labute approximate surface area is 168 Å². The van der Waals surface area contributed by atoms with Crippen molar-refractivity contribution in [3.05, 3.63) is 36.2 Å². The van der Waals surface area contributed by atoms with E-state index in [1.165, 1.54) is 18.0 Å². The van der Waals surface area contributed by atoms with E-state index in [0.29, 0.717) is 37.2 Å². The van der Waals surface area contributed by atoms with Gasteiger partial charge in [-0.2, -0.15) is 0 Å².